The van der Waals surface area contributed by atoms with Crippen molar-refractivity contribution in [3.05, 3.63) is 16.5 Å². The normalized spacial score (nSPS) is 24.6. The van der Waals surface area contributed by atoms with Crippen LogP contribution in [0.3, 0.4) is 0 Å². The van der Waals surface area contributed by atoms with E-state index in [0.29, 0.717) is 11.7 Å². The van der Waals surface area contributed by atoms with Crippen LogP contribution in [0.4, 0.5) is 0 Å². The molecule has 17 heavy (non-hydrogen) atoms. The number of hydrogen-bond acceptors (Lipinski definition) is 4. The molecule has 1 aliphatic carbocycles. The third-order valence-corrected chi connectivity index (χ3v) is 5.27. The summed E-state index contributed by atoms with van der Waals surface area (Å²) in [6.45, 7) is 2.28. The minimum atomic E-state index is -3.51. The highest BCUT2D eigenvalue weighted by Crippen LogP contribution is 2.30. The second kappa shape index (κ2) is 4.72. The number of rotatable bonds is 4. The van der Waals surface area contributed by atoms with Crippen molar-refractivity contribution in [2.24, 2.45) is 11.7 Å². The lowest BCUT2D eigenvalue weighted by Crippen LogP contribution is -2.43. The first-order chi connectivity index (χ1) is 7.92. The maximum Gasteiger partial charge on any atom is 0.245 e. The predicted molar refractivity (Wildman–Crippen MR) is 66.8 cm³/mol. The highest BCUT2D eigenvalue weighted by molar-refractivity contribution is 9.10. The summed E-state index contributed by atoms with van der Waals surface area (Å²) in [4.78, 5) is 0.123. The van der Waals surface area contributed by atoms with Crippen LogP contribution < -0.4 is 10.5 Å². The van der Waals surface area contributed by atoms with Gasteiger partial charge >= 0.3 is 0 Å². The van der Waals surface area contributed by atoms with Crippen molar-refractivity contribution in [2.45, 2.75) is 37.2 Å². The Morgan fingerprint density at radius 2 is 2.24 bits per heavy atom. The average Bonchev–Trinajstić information content (AvgIpc) is 2.58. The Morgan fingerprint density at radius 1 is 1.59 bits per heavy atom. The number of nitrogens with one attached hydrogen (secondary N) is 1. The van der Waals surface area contributed by atoms with E-state index < -0.39 is 10.0 Å². The molecule has 1 aromatic rings. The molecular weight excluding hydrogens is 308 g/mol. The lowest BCUT2D eigenvalue weighted by Gasteiger charge is -2.32. The molecular formula is C10H15BrN2O3S. The quantitative estimate of drug-likeness (QED) is 0.881. The van der Waals surface area contributed by atoms with Crippen LogP contribution in [0.2, 0.25) is 0 Å². The summed E-state index contributed by atoms with van der Waals surface area (Å²) in [6.07, 6.45) is 1.77. The van der Waals surface area contributed by atoms with Crippen LogP contribution in [0.5, 0.6) is 0 Å². The van der Waals surface area contributed by atoms with Crippen molar-refractivity contribution >= 4 is 26.0 Å². The van der Waals surface area contributed by atoms with Gasteiger partial charge in [-0.05, 0) is 34.7 Å². The van der Waals surface area contributed by atoms with E-state index in [-0.39, 0.29) is 22.2 Å². The van der Waals surface area contributed by atoms with Crippen molar-refractivity contribution in [3.63, 3.8) is 0 Å². The molecule has 1 saturated carbocycles. The molecule has 2 rings (SSSR count). The standard InChI is InChI=1S/C10H15BrN2O3S/c1-6-2-7(3-6)13-17(14,15)9-4-8(5-12)16-10(9)11/h4,6-7,13H,2-3,5,12H2,1H3. The molecule has 0 atom stereocenters. The lowest BCUT2D eigenvalue weighted by molar-refractivity contribution is 0.270. The van der Waals surface area contributed by atoms with E-state index in [1.54, 1.807) is 0 Å². The fourth-order valence-electron chi connectivity index (χ4n) is 1.96. The Bertz CT molecular complexity index is 506. The smallest absolute Gasteiger partial charge is 0.245 e. The molecule has 7 heteroatoms. The van der Waals surface area contributed by atoms with Gasteiger partial charge in [0, 0.05) is 12.1 Å². The topological polar surface area (TPSA) is 85.3 Å². The van der Waals surface area contributed by atoms with Crippen LogP contribution in [0.25, 0.3) is 0 Å². The molecule has 0 saturated heterocycles. The van der Waals surface area contributed by atoms with E-state index in [2.05, 4.69) is 27.6 Å². The van der Waals surface area contributed by atoms with Crippen molar-refractivity contribution in [2.75, 3.05) is 0 Å². The van der Waals surface area contributed by atoms with Gasteiger partial charge in [-0.3, -0.25) is 0 Å². The van der Waals surface area contributed by atoms with E-state index in [9.17, 15) is 8.42 Å². The molecule has 0 spiro atoms. The summed E-state index contributed by atoms with van der Waals surface area (Å²) in [7, 11) is -3.51. The molecule has 3 N–H and O–H groups in total. The van der Waals surface area contributed by atoms with Gasteiger partial charge in [-0.1, -0.05) is 6.92 Å². The van der Waals surface area contributed by atoms with Crippen LogP contribution in [0, 0.1) is 5.92 Å². The molecule has 0 unspecified atom stereocenters. The zero-order valence-corrected chi connectivity index (χ0v) is 11.8. The Hall–Kier alpha value is -0.370. The third-order valence-electron chi connectivity index (χ3n) is 2.89. The fraction of sp³-hybridized carbons (Fsp3) is 0.600. The summed E-state index contributed by atoms with van der Waals surface area (Å²) in [5, 5.41) is 0. The summed E-state index contributed by atoms with van der Waals surface area (Å²) in [5.74, 6) is 1.04. The summed E-state index contributed by atoms with van der Waals surface area (Å²) in [6, 6.07) is 1.49. The van der Waals surface area contributed by atoms with Crippen molar-refractivity contribution < 1.29 is 12.8 Å². The SMILES string of the molecule is CC1CC(NS(=O)(=O)c2cc(CN)oc2Br)C1. The van der Waals surface area contributed by atoms with Gasteiger partial charge in [-0.2, -0.15) is 0 Å². The van der Waals surface area contributed by atoms with Gasteiger partial charge in [0.05, 0.1) is 6.54 Å². The second-order valence-corrected chi connectivity index (χ2v) is 6.85. The molecule has 0 aromatic carbocycles. The highest BCUT2D eigenvalue weighted by atomic mass is 79.9. The Labute approximate surface area is 109 Å². The maximum absolute atomic E-state index is 12.1. The zero-order chi connectivity index (χ0) is 12.6. The lowest BCUT2D eigenvalue weighted by atomic mass is 9.83. The van der Waals surface area contributed by atoms with Crippen LogP contribution in [-0.4, -0.2) is 14.5 Å². The summed E-state index contributed by atoms with van der Waals surface area (Å²) in [5.41, 5.74) is 5.40. The van der Waals surface area contributed by atoms with Crippen LogP contribution in [0.1, 0.15) is 25.5 Å². The maximum atomic E-state index is 12.1. The number of sulfonamides is 1. The molecule has 1 fully saturated rings. The summed E-state index contributed by atoms with van der Waals surface area (Å²) >= 11 is 3.09. The minimum Gasteiger partial charge on any atom is -0.452 e. The molecule has 1 aromatic heterocycles. The monoisotopic (exact) mass is 322 g/mol. The number of hydrogen-bond donors (Lipinski definition) is 2. The predicted octanol–water partition coefficient (Wildman–Crippen LogP) is 1.58. The van der Waals surface area contributed by atoms with E-state index in [1.807, 2.05) is 0 Å². The van der Waals surface area contributed by atoms with Crippen molar-refractivity contribution in [1.29, 1.82) is 0 Å². The van der Waals surface area contributed by atoms with Gasteiger partial charge in [0.25, 0.3) is 0 Å². The second-order valence-electron chi connectivity index (χ2n) is 4.45. The Kier molecular flexibility index (Phi) is 3.63. The first-order valence-corrected chi connectivity index (χ1v) is 7.70. The van der Waals surface area contributed by atoms with Gasteiger partial charge in [-0.15, -0.1) is 0 Å². The molecule has 0 amide bonds. The van der Waals surface area contributed by atoms with Gasteiger partial charge < -0.3 is 10.2 Å². The van der Waals surface area contributed by atoms with E-state index in [4.69, 9.17) is 10.2 Å². The number of halogens is 1. The minimum absolute atomic E-state index is 0.0399. The molecule has 1 heterocycles. The number of nitrogens with two attached hydrogens (primary N) is 1. The van der Waals surface area contributed by atoms with Gasteiger partial charge in [0.1, 0.15) is 10.7 Å². The molecule has 0 radical (unpaired) electrons. The van der Waals surface area contributed by atoms with Crippen molar-refractivity contribution in [3.8, 4) is 0 Å². The van der Waals surface area contributed by atoms with E-state index >= 15 is 0 Å². The van der Waals surface area contributed by atoms with E-state index in [0.717, 1.165) is 12.8 Å². The Morgan fingerprint density at radius 3 is 2.71 bits per heavy atom. The average molecular weight is 323 g/mol. The fourth-order valence-corrected chi connectivity index (χ4v) is 4.22. The van der Waals surface area contributed by atoms with Crippen LogP contribution in [0.15, 0.2) is 20.0 Å². The largest absolute Gasteiger partial charge is 0.452 e. The van der Waals surface area contributed by atoms with Crippen molar-refractivity contribution in [1.82, 2.24) is 4.72 Å². The van der Waals surface area contributed by atoms with Crippen LogP contribution >= 0.6 is 15.9 Å². The highest BCUT2D eigenvalue weighted by Gasteiger charge is 2.31. The molecule has 0 aliphatic heterocycles. The van der Waals surface area contributed by atoms with E-state index in [1.165, 1.54) is 6.07 Å². The molecule has 0 bridgehead atoms. The first kappa shape index (κ1) is 13.1. The Balaban J connectivity index is 2.16. The van der Waals surface area contributed by atoms with Gasteiger partial charge in [0.15, 0.2) is 4.67 Å². The summed E-state index contributed by atoms with van der Waals surface area (Å²) < 4.78 is 32.1. The van der Waals surface area contributed by atoms with Crippen LogP contribution in [-0.2, 0) is 16.6 Å². The molecule has 96 valence electrons. The molecule has 5 nitrogen and oxygen atoms in total. The van der Waals surface area contributed by atoms with Gasteiger partial charge in [-0.25, -0.2) is 13.1 Å². The van der Waals surface area contributed by atoms with Gasteiger partial charge in [0.2, 0.25) is 10.0 Å². The zero-order valence-electron chi connectivity index (χ0n) is 9.44. The molecule has 1 aliphatic rings. The third kappa shape index (κ3) is 2.73. The number of furan rings is 1. The first-order valence-electron chi connectivity index (χ1n) is 5.43.